The Morgan fingerprint density at radius 3 is 1.44 bits per heavy atom. The molecule has 1 amide bonds. The van der Waals surface area contributed by atoms with Crippen LogP contribution in [0.15, 0.2) is 114 Å². The molecule has 35 nitrogen and oxygen atoms in total. The van der Waals surface area contributed by atoms with Gasteiger partial charge in [-0.1, -0.05) is 24.3 Å². The van der Waals surface area contributed by atoms with E-state index in [1.165, 1.54) is 54.2 Å². The minimum Gasteiger partial charge on any atom is -0.493 e. The second-order valence-electron chi connectivity index (χ2n) is 24.5. The lowest BCUT2D eigenvalue weighted by atomic mass is 10.2. The van der Waals surface area contributed by atoms with Gasteiger partial charge >= 0.3 is 5.97 Å². The fraction of sp³-hybridized carbons (Fsp3) is 0.403. The van der Waals surface area contributed by atoms with Gasteiger partial charge in [0.05, 0.1) is 88.2 Å². The number of nitrogens with one attached hydrogen (secondary N) is 5. The Kier molecular flexibility index (Phi) is 33.9. The lowest BCUT2D eigenvalue weighted by molar-refractivity contribution is -0.154. The number of aromatic nitrogens is 12. The molecule has 6 aromatic heterocycles. The number of piperazine rings is 2. The van der Waals surface area contributed by atoms with Crippen molar-refractivity contribution < 1.29 is 55.0 Å². The van der Waals surface area contributed by atoms with E-state index in [0.29, 0.717) is 141 Å². The number of ether oxygens (including phenoxy) is 5. The van der Waals surface area contributed by atoms with Crippen LogP contribution in [-0.4, -0.2) is 215 Å². The monoisotopic (exact) mass is 1610 g/mol. The number of hydrazone groups is 1. The highest BCUT2D eigenvalue weighted by Gasteiger charge is 2.25. The number of amidine groups is 1. The van der Waals surface area contributed by atoms with Crippen molar-refractivity contribution in [1.29, 1.82) is 0 Å². The first-order valence-electron chi connectivity index (χ1n) is 35.1. The Hall–Kier alpha value is -10.5. The molecule has 0 aliphatic carbocycles. The number of halogens is 2. The molecule has 0 bridgehead atoms. The van der Waals surface area contributed by atoms with Crippen LogP contribution in [0.25, 0.3) is 50.7 Å². The second kappa shape index (κ2) is 42.1. The van der Waals surface area contributed by atoms with Gasteiger partial charge in [-0.25, -0.2) is 45.9 Å². The van der Waals surface area contributed by atoms with Gasteiger partial charge in [0.15, 0.2) is 39.9 Å². The van der Waals surface area contributed by atoms with Gasteiger partial charge in [0, 0.05) is 70.0 Å². The molecule has 0 spiro atoms. The highest BCUT2D eigenvalue weighted by atomic mass is 35.7. The van der Waals surface area contributed by atoms with Gasteiger partial charge in [-0.3, -0.25) is 24.0 Å². The number of nitrogens with two attached hydrogens (primary N) is 2. The number of ketones is 1. The normalized spacial score (nSPS) is 13.7. The van der Waals surface area contributed by atoms with Crippen LogP contribution in [0.1, 0.15) is 88.6 Å². The number of carbonyl (C=O) groups is 3. The maximum absolute atomic E-state index is 12.9. The summed E-state index contributed by atoms with van der Waals surface area (Å²) < 4.78 is 73.0. The van der Waals surface area contributed by atoms with E-state index in [1.54, 1.807) is 76.2 Å². The van der Waals surface area contributed by atoms with Gasteiger partial charge < -0.3 is 70.6 Å². The van der Waals surface area contributed by atoms with Crippen LogP contribution in [0.3, 0.4) is 0 Å². The molecule has 2 aliphatic rings. The zero-order valence-corrected chi connectivity index (χ0v) is 67.8. The summed E-state index contributed by atoms with van der Waals surface area (Å²) in [6, 6.07) is 23.3. The number of likely N-dealkylation sites (N-methyl/N-ethyl adjacent to an activating group) is 2. The summed E-state index contributed by atoms with van der Waals surface area (Å²) in [4.78, 5) is 95.8. The molecule has 2 saturated heterocycles. The van der Waals surface area contributed by atoms with E-state index in [0.717, 1.165) is 37.3 Å². The predicted octanol–water partition coefficient (Wildman–Crippen LogP) is 5.68. The van der Waals surface area contributed by atoms with E-state index in [1.807, 2.05) is 83.3 Å². The van der Waals surface area contributed by atoms with Crippen LogP contribution in [0.5, 0.6) is 23.0 Å². The SMILES string of the molecule is CCOC(=O)C(=O)C(C)NC(C)=O.CCOc1ccc(S(=O)(=O)Cl)cc1-c1nn2c(C)nc(C)c2c(=O)[nH]1.CCOc1ccc(S(=O)ON2CCN(C)CC2)cc1-c1nn2c(C)nc(C)c2c(=O)[nH]1.CCOc1ccccc1-c1nn2c(C)nc(C)c2c(=O)[nH]1.CCOc1ccccc1C(N)=NN.CN1CCNCC1.Cl. The molecule has 39 heteroatoms. The molecule has 4 aromatic carbocycles. The number of rotatable bonds is 20. The maximum Gasteiger partial charge on any atom is 0.376 e. The molecule has 12 rings (SSSR count). The molecule has 600 valence electrons. The van der Waals surface area contributed by atoms with E-state index in [-0.39, 0.29) is 58.2 Å². The third kappa shape index (κ3) is 24.0. The van der Waals surface area contributed by atoms with Crippen LogP contribution in [0, 0.1) is 41.5 Å². The molecular formula is C72H96Cl2N20O15S2. The lowest BCUT2D eigenvalue weighted by Gasteiger charge is -2.30. The molecule has 9 N–H and O–H groups in total. The number of amides is 1. The molecule has 10 aromatic rings. The summed E-state index contributed by atoms with van der Waals surface area (Å²) in [7, 11) is 5.68. The van der Waals surface area contributed by atoms with Crippen LogP contribution in [0.4, 0.5) is 0 Å². The number of imidazole rings is 3. The van der Waals surface area contributed by atoms with Crippen LogP contribution >= 0.6 is 23.1 Å². The van der Waals surface area contributed by atoms with Crippen molar-refractivity contribution in [3.05, 3.63) is 156 Å². The van der Waals surface area contributed by atoms with Crippen LogP contribution in [-0.2, 0) is 43.5 Å². The topological polar surface area (TPSA) is 445 Å². The minimum atomic E-state index is -3.94. The van der Waals surface area contributed by atoms with Crippen molar-refractivity contribution in [3.63, 3.8) is 0 Å². The van der Waals surface area contributed by atoms with Crippen molar-refractivity contribution in [2.24, 2.45) is 16.7 Å². The number of aryl methyl sites for hydroxylation is 6. The molecule has 2 unspecified atom stereocenters. The first-order valence-corrected chi connectivity index (χ1v) is 38.5. The number of nitrogens with zero attached hydrogens (tertiary/aromatic N) is 13. The van der Waals surface area contributed by atoms with E-state index in [4.69, 9.17) is 45.5 Å². The zero-order chi connectivity index (χ0) is 80.7. The number of H-pyrrole nitrogens is 3. The van der Waals surface area contributed by atoms with E-state index in [2.05, 4.69) is 82.5 Å². The Morgan fingerprint density at radius 2 is 1.01 bits per heavy atom. The van der Waals surface area contributed by atoms with Crippen molar-refractivity contribution in [1.82, 2.24) is 84.2 Å². The number of aromatic amines is 3. The smallest absolute Gasteiger partial charge is 0.376 e. The van der Waals surface area contributed by atoms with E-state index in [9.17, 15) is 41.4 Å². The Balaban J connectivity index is 0.000000218. The third-order valence-corrected chi connectivity index (χ3v) is 18.6. The molecule has 111 heavy (non-hydrogen) atoms. The number of benzene rings is 4. The molecule has 0 saturated carbocycles. The number of esters is 1. The molecular weight excluding hydrogens is 1520 g/mol. The van der Waals surface area contributed by atoms with Crippen LogP contribution < -0.4 is 57.8 Å². The molecule has 2 aliphatic heterocycles. The summed E-state index contributed by atoms with van der Waals surface area (Å²) in [6.45, 7) is 32.3. The number of Topliss-reactive ketones (excluding diaryl/α,β-unsaturated/α-hetero) is 1. The van der Waals surface area contributed by atoms with Gasteiger partial charge in [0.1, 0.15) is 40.5 Å². The minimum absolute atomic E-state index is 0. The van der Waals surface area contributed by atoms with Gasteiger partial charge in [-0.15, -0.1) is 27.7 Å². The molecule has 8 heterocycles. The predicted molar refractivity (Wildman–Crippen MR) is 424 cm³/mol. The first kappa shape index (κ1) is 89.4. The number of hydrogen-bond donors (Lipinski definition) is 7. The first-order chi connectivity index (χ1) is 52.4. The highest BCUT2D eigenvalue weighted by Crippen LogP contribution is 2.33. The quantitative estimate of drug-likeness (QED) is 0.00917. The van der Waals surface area contributed by atoms with E-state index < -0.39 is 37.9 Å². The van der Waals surface area contributed by atoms with Gasteiger partial charge in [0.2, 0.25) is 17.0 Å². The molecule has 2 atom stereocenters. The zero-order valence-electron chi connectivity index (χ0n) is 64.5. The van der Waals surface area contributed by atoms with Crippen molar-refractivity contribution in [2.75, 3.05) is 99.5 Å². The third-order valence-electron chi connectivity index (χ3n) is 16.3. The maximum atomic E-state index is 12.9. The Labute approximate surface area is 654 Å². The van der Waals surface area contributed by atoms with Crippen molar-refractivity contribution >= 4 is 83.3 Å². The summed E-state index contributed by atoms with van der Waals surface area (Å²) >= 11 is -1.71. The average molecular weight is 1620 g/mol. The second-order valence-corrected chi connectivity index (χ2v) is 28.2. The number of hydrogen-bond acceptors (Lipinski definition) is 27. The Bertz CT molecular complexity index is 5230. The van der Waals surface area contributed by atoms with Gasteiger partial charge in [0.25, 0.3) is 31.5 Å². The average Bonchev–Trinajstić information content (AvgIpc) is 1.69. The van der Waals surface area contributed by atoms with Gasteiger partial charge in [-0.05, 0) is 158 Å². The summed E-state index contributed by atoms with van der Waals surface area (Å²) in [5, 5.41) is 24.1. The molecule has 0 radical (unpaired) electrons. The number of carbonyl (C=O) groups excluding carboxylic acids is 3. The van der Waals surface area contributed by atoms with Crippen LogP contribution in [0.2, 0.25) is 0 Å². The summed E-state index contributed by atoms with van der Waals surface area (Å²) in [6.07, 6.45) is 0. The van der Waals surface area contributed by atoms with E-state index >= 15 is 0 Å². The Morgan fingerprint density at radius 1 is 0.595 bits per heavy atom. The standard InChI is InChI=1S/C20H26N6O4S.C15H15ClN4O4S.C15H16N4O2.C9H13N3O.C8H13NO4.C5H12N2.ClH/c1-5-29-17-7-6-15(31(28)30-25-10-8-24(4)9-11-25)12-16(17)19-22-20(27)18-13(2)21-14(3)26(18)23-19;1-4-24-12-6-5-10(25(16,22)23)7-11(12)14-18-15(21)13-8(2)17-9(3)20(13)19-14;1-4-21-12-8-6-5-7-11(12)14-17-15(20)13-9(2)16-10(3)19(13)18-14;1-2-13-8-6-4-3-5-7(8)9(10)12-11;1-4-13-8(12)7(11)5(2)9-6(3)10;1-7-4-2-6-3-5-7;/h6-7,12H,5,8-11H2,1-4H3,(H,22,23,27);5-7H,4H2,1-3H3,(H,18,19,21);5-8H,4H2,1-3H3,(H,17,18,20);3-6H,2,11H2,1H3,(H2,10,12);5H,4H2,1-3H3,(H,9,10);6H,2-5H2,1H3;1H. The fourth-order valence-electron chi connectivity index (χ4n) is 11.1. The van der Waals surface area contributed by atoms with Crippen molar-refractivity contribution in [2.45, 2.75) is 106 Å². The van der Waals surface area contributed by atoms with Gasteiger partial charge in [-0.2, -0.15) is 14.4 Å². The number of para-hydroxylation sites is 2. The highest BCUT2D eigenvalue weighted by molar-refractivity contribution is 8.13. The summed E-state index contributed by atoms with van der Waals surface area (Å²) in [5.41, 5.74) is 10.1. The fourth-order valence-corrected chi connectivity index (χ4v) is 12.7. The molecule has 2 fully saturated rings. The lowest BCUT2D eigenvalue weighted by Crippen LogP contribution is -2.44. The number of hydroxylamine groups is 2. The number of fused-ring (bicyclic) bond motifs is 3. The summed E-state index contributed by atoms with van der Waals surface area (Å²) in [5.74, 6) is 8.42. The van der Waals surface area contributed by atoms with Crippen molar-refractivity contribution in [3.8, 4) is 57.2 Å². The largest absolute Gasteiger partial charge is 0.493 e.